The number of para-hydroxylation sites is 1. The van der Waals surface area contributed by atoms with Crippen molar-refractivity contribution in [2.75, 3.05) is 25.1 Å². The Morgan fingerprint density at radius 2 is 2.20 bits per heavy atom. The lowest BCUT2D eigenvalue weighted by Crippen LogP contribution is -2.45. The molecular weight excluding hydrogens is 254 g/mol. The van der Waals surface area contributed by atoms with Gasteiger partial charge in [-0.1, -0.05) is 19.1 Å². The highest BCUT2D eigenvalue weighted by Crippen LogP contribution is 2.22. The highest BCUT2D eigenvalue weighted by Gasteiger charge is 2.27. The molecular formula is C15H19N3O2. The van der Waals surface area contributed by atoms with E-state index in [0.717, 1.165) is 25.0 Å². The Bertz CT molecular complexity index is 667. The molecule has 2 heterocycles. The van der Waals surface area contributed by atoms with Gasteiger partial charge < -0.3 is 9.64 Å². The second-order valence-electron chi connectivity index (χ2n) is 5.39. The van der Waals surface area contributed by atoms with E-state index in [2.05, 4.69) is 21.8 Å². The molecule has 1 aliphatic rings. The number of nitrogens with one attached hydrogen (secondary N) is 1. The maximum atomic E-state index is 12.1. The van der Waals surface area contributed by atoms with Gasteiger partial charge in [0.2, 0.25) is 5.95 Å². The maximum absolute atomic E-state index is 12.1. The average Bonchev–Trinajstić information content (AvgIpc) is 2.47. The van der Waals surface area contributed by atoms with Gasteiger partial charge in [0.1, 0.15) is 0 Å². The van der Waals surface area contributed by atoms with Crippen molar-refractivity contribution in [1.82, 2.24) is 9.97 Å². The zero-order chi connectivity index (χ0) is 14.1. The van der Waals surface area contributed by atoms with Crippen molar-refractivity contribution in [3.63, 3.8) is 0 Å². The summed E-state index contributed by atoms with van der Waals surface area (Å²) in [6.45, 7) is 3.85. The van der Waals surface area contributed by atoms with Crippen LogP contribution >= 0.6 is 0 Å². The molecule has 0 aliphatic carbocycles. The summed E-state index contributed by atoms with van der Waals surface area (Å²) in [6, 6.07) is 7.41. The van der Waals surface area contributed by atoms with Crippen LogP contribution in [0.4, 0.5) is 5.95 Å². The lowest BCUT2D eigenvalue weighted by atomic mass is 9.96. The van der Waals surface area contributed by atoms with Crippen LogP contribution in [0.5, 0.6) is 0 Å². The molecule has 5 heteroatoms. The molecule has 0 spiro atoms. The van der Waals surface area contributed by atoms with Gasteiger partial charge in [0, 0.05) is 20.2 Å². The van der Waals surface area contributed by atoms with Crippen molar-refractivity contribution in [2.45, 2.75) is 19.4 Å². The predicted octanol–water partition coefficient (Wildman–Crippen LogP) is 1.78. The third-order valence-corrected chi connectivity index (χ3v) is 4.09. The monoisotopic (exact) mass is 273 g/mol. The van der Waals surface area contributed by atoms with E-state index < -0.39 is 0 Å². The zero-order valence-electron chi connectivity index (χ0n) is 11.8. The van der Waals surface area contributed by atoms with Crippen LogP contribution in [0.3, 0.4) is 0 Å². The summed E-state index contributed by atoms with van der Waals surface area (Å²) in [5, 5.41) is 0.630. The fourth-order valence-corrected chi connectivity index (χ4v) is 2.76. The van der Waals surface area contributed by atoms with Crippen LogP contribution in [0, 0.1) is 5.92 Å². The van der Waals surface area contributed by atoms with Crippen LogP contribution in [0.15, 0.2) is 29.1 Å². The van der Waals surface area contributed by atoms with E-state index in [-0.39, 0.29) is 11.7 Å². The van der Waals surface area contributed by atoms with Crippen LogP contribution < -0.4 is 10.5 Å². The quantitative estimate of drug-likeness (QED) is 0.906. The molecule has 0 bridgehead atoms. The van der Waals surface area contributed by atoms with E-state index in [9.17, 15) is 4.79 Å². The number of nitrogens with zero attached hydrogens (tertiary/aromatic N) is 2. The largest absolute Gasteiger partial charge is 0.379 e. The van der Waals surface area contributed by atoms with Crippen molar-refractivity contribution in [1.29, 1.82) is 0 Å². The van der Waals surface area contributed by atoms with Gasteiger partial charge in [-0.05, 0) is 24.5 Å². The Balaban J connectivity index is 1.96. The molecule has 1 N–H and O–H groups in total. The summed E-state index contributed by atoms with van der Waals surface area (Å²) in [7, 11) is 1.74. The summed E-state index contributed by atoms with van der Waals surface area (Å²) < 4.78 is 5.51. The molecule has 1 saturated heterocycles. The Morgan fingerprint density at radius 1 is 1.40 bits per heavy atom. The van der Waals surface area contributed by atoms with Crippen molar-refractivity contribution >= 4 is 16.9 Å². The predicted molar refractivity (Wildman–Crippen MR) is 79.2 cm³/mol. The van der Waals surface area contributed by atoms with Crippen molar-refractivity contribution < 1.29 is 4.74 Å². The molecule has 0 saturated carbocycles. The molecule has 1 aromatic heterocycles. The highest BCUT2D eigenvalue weighted by atomic mass is 16.5. The number of hydrogen-bond acceptors (Lipinski definition) is 4. The summed E-state index contributed by atoms with van der Waals surface area (Å²) in [5.41, 5.74) is 0.650. The molecule has 0 radical (unpaired) electrons. The number of ether oxygens (including phenoxy) is 1. The van der Waals surface area contributed by atoms with Gasteiger partial charge in [-0.3, -0.25) is 9.78 Å². The normalized spacial score (nSPS) is 23.2. The second kappa shape index (κ2) is 5.25. The first kappa shape index (κ1) is 13.1. The molecule has 5 nitrogen and oxygen atoms in total. The average molecular weight is 273 g/mol. The van der Waals surface area contributed by atoms with E-state index in [1.54, 1.807) is 13.2 Å². The molecule has 2 aromatic rings. The van der Waals surface area contributed by atoms with Gasteiger partial charge in [0.05, 0.1) is 17.0 Å². The SMILES string of the molecule is COC1CN(c2nc3ccccc3c(=O)[nH]2)CCC1C. The lowest BCUT2D eigenvalue weighted by Gasteiger charge is -2.36. The number of fused-ring (bicyclic) bond motifs is 1. The third-order valence-electron chi connectivity index (χ3n) is 4.09. The number of anilines is 1. The number of H-pyrrole nitrogens is 1. The van der Waals surface area contributed by atoms with Crippen molar-refractivity contribution in [3.8, 4) is 0 Å². The standard InChI is InChI=1S/C15H19N3O2/c1-10-7-8-18(9-13(10)20-2)15-16-12-6-4-3-5-11(12)14(19)17-15/h3-6,10,13H,7-9H2,1-2H3,(H,16,17,19). The lowest BCUT2D eigenvalue weighted by molar-refractivity contribution is 0.0494. The minimum atomic E-state index is -0.0850. The Hall–Kier alpha value is -1.88. The first-order chi connectivity index (χ1) is 9.69. The maximum Gasteiger partial charge on any atom is 0.260 e. The molecule has 106 valence electrons. The minimum absolute atomic E-state index is 0.0850. The number of benzene rings is 1. The Morgan fingerprint density at radius 3 is 3.00 bits per heavy atom. The van der Waals surface area contributed by atoms with Gasteiger partial charge in [0.25, 0.3) is 5.56 Å². The van der Waals surface area contributed by atoms with Crippen LogP contribution in [-0.2, 0) is 4.74 Å². The van der Waals surface area contributed by atoms with Crippen LogP contribution in [0.2, 0.25) is 0 Å². The van der Waals surface area contributed by atoms with Crippen LogP contribution in [0.25, 0.3) is 10.9 Å². The molecule has 2 atom stereocenters. The third kappa shape index (κ3) is 2.29. The topological polar surface area (TPSA) is 58.2 Å². The first-order valence-corrected chi connectivity index (χ1v) is 6.96. The van der Waals surface area contributed by atoms with Crippen molar-refractivity contribution in [3.05, 3.63) is 34.6 Å². The zero-order valence-corrected chi connectivity index (χ0v) is 11.8. The fourth-order valence-electron chi connectivity index (χ4n) is 2.76. The number of hydrogen-bond donors (Lipinski definition) is 1. The van der Waals surface area contributed by atoms with E-state index >= 15 is 0 Å². The molecule has 1 aromatic carbocycles. The van der Waals surface area contributed by atoms with Gasteiger partial charge in [0.15, 0.2) is 0 Å². The van der Waals surface area contributed by atoms with Gasteiger partial charge in [-0.15, -0.1) is 0 Å². The molecule has 1 fully saturated rings. The second-order valence-corrected chi connectivity index (χ2v) is 5.39. The fraction of sp³-hybridized carbons (Fsp3) is 0.467. The number of aromatic nitrogens is 2. The summed E-state index contributed by atoms with van der Waals surface area (Å²) in [4.78, 5) is 21.7. The molecule has 0 amide bonds. The van der Waals surface area contributed by atoms with Gasteiger partial charge in [-0.25, -0.2) is 4.98 Å². The highest BCUT2D eigenvalue weighted by molar-refractivity contribution is 5.78. The van der Waals surface area contributed by atoms with Gasteiger partial charge >= 0.3 is 0 Å². The molecule has 2 unspecified atom stereocenters. The molecule has 1 aliphatic heterocycles. The number of rotatable bonds is 2. The Labute approximate surface area is 117 Å². The van der Waals surface area contributed by atoms with Crippen LogP contribution in [-0.4, -0.2) is 36.3 Å². The molecule has 20 heavy (non-hydrogen) atoms. The summed E-state index contributed by atoms with van der Waals surface area (Å²) >= 11 is 0. The van der Waals surface area contributed by atoms with Crippen LogP contribution in [0.1, 0.15) is 13.3 Å². The van der Waals surface area contributed by atoms with E-state index in [1.165, 1.54) is 0 Å². The van der Waals surface area contributed by atoms with E-state index in [4.69, 9.17) is 4.74 Å². The minimum Gasteiger partial charge on any atom is -0.379 e. The smallest absolute Gasteiger partial charge is 0.260 e. The van der Waals surface area contributed by atoms with E-state index in [0.29, 0.717) is 17.3 Å². The van der Waals surface area contributed by atoms with Crippen molar-refractivity contribution in [2.24, 2.45) is 5.92 Å². The summed E-state index contributed by atoms with van der Waals surface area (Å²) in [5.74, 6) is 1.17. The Kier molecular flexibility index (Phi) is 3.44. The first-order valence-electron chi connectivity index (χ1n) is 6.96. The number of piperidine rings is 1. The van der Waals surface area contributed by atoms with Gasteiger partial charge in [-0.2, -0.15) is 0 Å². The number of aromatic amines is 1. The van der Waals surface area contributed by atoms with E-state index in [1.807, 2.05) is 18.2 Å². The number of methoxy groups -OCH3 is 1. The summed E-state index contributed by atoms with van der Waals surface area (Å²) in [6.07, 6.45) is 1.22. The molecule has 3 rings (SSSR count).